The first kappa shape index (κ1) is 18.5. The molecule has 3 rings (SSSR count). The van der Waals surface area contributed by atoms with Crippen molar-refractivity contribution in [3.8, 4) is 17.1 Å². The standard InChI is InChI=1S/C21H25N3OS/c1-2-3-4-8-15-24-20(18-11-13-19(25)14-12-18)22-23-21(24)26-16-17-9-6-5-7-10-17/h5-7,9-14,25H,2-4,8,15-16H2,1H3. The van der Waals surface area contributed by atoms with E-state index >= 15 is 0 Å². The molecular formula is C21H25N3OS. The Labute approximate surface area is 159 Å². The number of phenols is 1. The van der Waals surface area contributed by atoms with Crippen molar-refractivity contribution >= 4 is 11.8 Å². The van der Waals surface area contributed by atoms with Crippen LogP contribution >= 0.6 is 11.8 Å². The summed E-state index contributed by atoms with van der Waals surface area (Å²) in [5, 5.41) is 19.4. The Kier molecular flexibility index (Phi) is 6.72. The average molecular weight is 368 g/mol. The SMILES string of the molecule is CCCCCCn1c(SCc2ccccc2)nnc1-c1ccc(O)cc1. The van der Waals surface area contributed by atoms with Crippen molar-refractivity contribution in [1.29, 1.82) is 0 Å². The topological polar surface area (TPSA) is 50.9 Å². The molecule has 4 nitrogen and oxygen atoms in total. The maximum atomic E-state index is 9.54. The van der Waals surface area contributed by atoms with E-state index in [2.05, 4.69) is 46.0 Å². The van der Waals surface area contributed by atoms with Crippen LogP contribution in [0.5, 0.6) is 5.75 Å². The smallest absolute Gasteiger partial charge is 0.191 e. The molecule has 1 heterocycles. The van der Waals surface area contributed by atoms with Gasteiger partial charge in [0.15, 0.2) is 11.0 Å². The van der Waals surface area contributed by atoms with Gasteiger partial charge in [0.05, 0.1) is 0 Å². The van der Waals surface area contributed by atoms with E-state index in [0.717, 1.165) is 35.3 Å². The molecular weight excluding hydrogens is 342 g/mol. The fourth-order valence-corrected chi connectivity index (χ4v) is 3.76. The molecule has 5 heteroatoms. The Morgan fingerprint density at radius 3 is 2.42 bits per heavy atom. The number of hydrogen-bond donors (Lipinski definition) is 1. The Balaban J connectivity index is 1.79. The molecule has 136 valence electrons. The van der Waals surface area contributed by atoms with Gasteiger partial charge in [0, 0.05) is 17.9 Å². The molecule has 0 bridgehead atoms. The highest BCUT2D eigenvalue weighted by Crippen LogP contribution is 2.28. The molecule has 0 saturated carbocycles. The van der Waals surface area contributed by atoms with E-state index in [4.69, 9.17) is 0 Å². The molecule has 3 aromatic rings. The van der Waals surface area contributed by atoms with Gasteiger partial charge in [0.25, 0.3) is 0 Å². The Hall–Kier alpha value is -2.27. The van der Waals surface area contributed by atoms with E-state index in [1.54, 1.807) is 23.9 Å². The van der Waals surface area contributed by atoms with Crippen LogP contribution in [0.25, 0.3) is 11.4 Å². The lowest BCUT2D eigenvalue weighted by molar-refractivity contribution is 0.475. The van der Waals surface area contributed by atoms with Gasteiger partial charge in [-0.25, -0.2) is 0 Å². The van der Waals surface area contributed by atoms with Gasteiger partial charge >= 0.3 is 0 Å². The number of aromatic nitrogens is 3. The van der Waals surface area contributed by atoms with Crippen molar-refractivity contribution in [3.63, 3.8) is 0 Å². The van der Waals surface area contributed by atoms with Crippen molar-refractivity contribution in [2.75, 3.05) is 0 Å². The zero-order valence-electron chi connectivity index (χ0n) is 15.1. The van der Waals surface area contributed by atoms with Gasteiger partial charge in [-0.2, -0.15) is 0 Å². The van der Waals surface area contributed by atoms with Crippen molar-refractivity contribution in [2.45, 2.75) is 50.1 Å². The highest BCUT2D eigenvalue weighted by Gasteiger charge is 2.14. The Bertz CT molecular complexity index is 800. The first-order valence-electron chi connectivity index (χ1n) is 9.17. The minimum atomic E-state index is 0.265. The molecule has 1 N–H and O–H groups in total. The van der Waals surface area contributed by atoms with Crippen LogP contribution in [0.4, 0.5) is 0 Å². The van der Waals surface area contributed by atoms with Gasteiger partial charge in [0.1, 0.15) is 5.75 Å². The van der Waals surface area contributed by atoms with Gasteiger partial charge in [-0.3, -0.25) is 0 Å². The number of unbranched alkanes of at least 4 members (excludes halogenated alkanes) is 3. The fourth-order valence-electron chi connectivity index (χ4n) is 2.84. The zero-order chi connectivity index (χ0) is 18.2. The highest BCUT2D eigenvalue weighted by molar-refractivity contribution is 7.98. The number of phenolic OH excluding ortho intramolecular Hbond substituents is 1. The number of thioether (sulfide) groups is 1. The lowest BCUT2D eigenvalue weighted by Crippen LogP contribution is -2.03. The van der Waals surface area contributed by atoms with Crippen LogP contribution in [0, 0.1) is 0 Å². The van der Waals surface area contributed by atoms with Crippen LogP contribution in [0.2, 0.25) is 0 Å². The van der Waals surface area contributed by atoms with E-state index < -0.39 is 0 Å². The largest absolute Gasteiger partial charge is 0.508 e. The first-order valence-corrected chi connectivity index (χ1v) is 10.2. The van der Waals surface area contributed by atoms with Crippen molar-refractivity contribution in [2.24, 2.45) is 0 Å². The van der Waals surface area contributed by atoms with Crippen LogP contribution in [-0.4, -0.2) is 19.9 Å². The van der Waals surface area contributed by atoms with Gasteiger partial charge in [-0.15, -0.1) is 10.2 Å². The second-order valence-corrected chi connectivity index (χ2v) is 7.28. The number of benzene rings is 2. The second-order valence-electron chi connectivity index (χ2n) is 6.34. The molecule has 2 aromatic carbocycles. The minimum absolute atomic E-state index is 0.265. The molecule has 0 saturated heterocycles. The van der Waals surface area contributed by atoms with E-state index in [-0.39, 0.29) is 5.75 Å². The monoisotopic (exact) mass is 367 g/mol. The van der Waals surface area contributed by atoms with Gasteiger partial charge in [0.2, 0.25) is 0 Å². The second kappa shape index (κ2) is 9.43. The molecule has 0 atom stereocenters. The average Bonchev–Trinajstić information content (AvgIpc) is 3.08. The third-order valence-corrected chi connectivity index (χ3v) is 5.33. The highest BCUT2D eigenvalue weighted by atomic mass is 32.2. The van der Waals surface area contributed by atoms with Crippen LogP contribution < -0.4 is 0 Å². The summed E-state index contributed by atoms with van der Waals surface area (Å²) < 4.78 is 2.22. The molecule has 0 aliphatic heterocycles. The number of aromatic hydroxyl groups is 1. The Morgan fingerprint density at radius 2 is 1.69 bits per heavy atom. The van der Waals surface area contributed by atoms with Crippen LogP contribution in [0.1, 0.15) is 38.2 Å². The number of nitrogens with zero attached hydrogens (tertiary/aromatic N) is 3. The summed E-state index contributed by atoms with van der Waals surface area (Å²) in [7, 11) is 0. The quantitative estimate of drug-likeness (QED) is 0.399. The third kappa shape index (κ3) is 4.88. The number of rotatable bonds is 9. The van der Waals surface area contributed by atoms with E-state index in [1.807, 2.05) is 18.2 Å². The normalized spacial score (nSPS) is 11.0. The maximum absolute atomic E-state index is 9.54. The zero-order valence-corrected chi connectivity index (χ0v) is 16.0. The van der Waals surface area contributed by atoms with Crippen molar-refractivity contribution < 1.29 is 5.11 Å². The predicted octanol–water partition coefficient (Wildman–Crippen LogP) is 5.52. The summed E-state index contributed by atoms with van der Waals surface area (Å²) >= 11 is 1.72. The van der Waals surface area contributed by atoms with Crippen LogP contribution in [-0.2, 0) is 12.3 Å². The summed E-state index contributed by atoms with van der Waals surface area (Å²) in [5.41, 5.74) is 2.27. The minimum Gasteiger partial charge on any atom is -0.508 e. The molecule has 0 aliphatic carbocycles. The summed E-state index contributed by atoms with van der Waals surface area (Å²) in [4.78, 5) is 0. The molecule has 0 radical (unpaired) electrons. The summed E-state index contributed by atoms with van der Waals surface area (Å²) in [5.74, 6) is 2.02. The van der Waals surface area contributed by atoms with Crippen LogP contribution in [0.3, 0.4) is 0 Å². The van der Waals surface area contributed by atoms with Gasteiger partial charge in [-0.1, -0.05) is 68.3 Å². The molecule has 0 amide bonds. The lowest BCUT2D eigenvalue weighted by Gasteiger charge is -2.10. The molecule has 0 unspecified atom stereocenters. The van der Waals surface area contributed by atoms with Crippen molar-refractivity contribution in [3.05, 3.63) is 60.2 Å². The maximum Gasteiger partial charge on any atom is 0.191 e. The van der Waals surface area contributed by atoms with Crippen molar-refractivity contribution in [1.82, 2.24) is 14.8 Å². The molecule has 0 spiro atoms. The molecule has 26 heavy (non-hydrogen) atoms. The molecule has 1 aromatic heterocycles. The molecule has 0 aliphatic rings. The summed E-state index contributed by atoms with van der Waals surface area (Å²) in [6.07, 6.45) is 4.81. The van der Waals surface area contributed by atoms with E-state index in [1.165, 1.54) is 24.8 Å². The predicted molar refractivity (Wildman–Crippen MR) is 107 cm³/mol. The summed E-state index contributed by atoms with van der Waals surface area (Å²) in [6, 6.07) is 17.6. The number of hydrogen-bond acceptors (Lipinski definition) is 4. The molecule has 0 fully saturated rings. The Morgan fingerprint density at radius 1 is 0.923 bits per heavy atom. The fraction of sp³-hybridized carbons (Fsp3) is 0.333. The summed E-state index contributed by atoms with van der Waals surface area (Å²) in [6.45, 7) is 3.14. The van der Waals surface area contributed by atoms with Gasteiger partial charge < -0.3 is 9.67 Å². The van der Waals surface area contributed by atoms with E-state index in [9.17, 15) is 5.11 Å². The lowest BCUT2D eigenvalue weighted by atomic mass is 10.2. The van der Waals surface area contributed by atoms with Crippen LogP contribution in [0.15, 0.2) is 59.8 Å². The first-order chi connectivity index (χ1) is 12.8. The van der Waals surface area contributed by atoms with E-state index in [0.29, 0.717) is 0 Å². The van der Waals surface area contributed by atoms with Gasteiger partial charge in [-0.05, 0) is 36.2 Å². The third-order valence-electron chi connectivity index (χ3n) is 4.29.